The highest BCUT2D eigenvalue weighted by atomic mass is 35.5. The zero-order chi connectivity index (χ0) is 20.3. The second kappa shape index (κ2) is 9.54. The van der Waals surface area contributed by atoms with Crippen LogP contribution >= 0.6 is 24.6 Å². The van der Waals surface area contributed by atoms with E-state index in [4.69, 9.17) is 23.4 Å². The fourth-order valence-electron chi connectivity index (χ4n) is 2.97. The second-order valence-electron chi connectivity index (χ2n) is 6.46. The molecule has 0 aliphatic carbocycles. The molecular weight excluding hydrogens is 408 g/mol. The van der Waals surface area contributed by atoms with Crippen LogP contribution in [0.2, 0.25) is 0 Å². The lowest BCUT2D eigenvalue weighted by Crippen LogP contribution is -2.10. The van der Waals surface area contributed by atoms with Crippen molar-refractivity contribution in [1.29, 1.82) is 5.41 Å². The molecule has 0 atom stereocenters. The number of hydrogen-bond acceptors (Lipinski definition) is 4. The number of aromatic nitrogens is 2. The molecule has 8 heteroatoms. The Morgan fingerprint density at radius 3 is 2.31 bits per heavy atom. The molecule has 0 saturated heterocycles. The third-order valence-electron chi connectivity index (χ3n) is 4.66. The van der Waals surface area contributed by atoms with E-state index in [0.29, 0.717) is 23.2 Å². The first-order valence-electron chi connectivity index (χ1n) is 8.80. The number of aryl methyl sites for hydroxylation is 1. The lowest BCUT2D eigenvalue weighted by atomic mass is 10.1. The molecule has 1 heterocycles. The number of benzene rings is 2. The summed E-state index contributed by atoms with van der Waals surface area (Å²) in [7, 11) is 3.33. The van der Waals surface area contributed by atoms with Gasteiger partial charge < -0.3 is 15.0 Å². The SMILES string of the molecule is COC(=O)CCc1ccc(-n2cc(-c3ccc(C(=N)N)cc3)n(C)c2=S)cc1.Cl. The van der Waals surface area contributed by atoms with Crippen molar-refractivity contribution in [2.45, 2.75) is 12.8 Å². The van der Waals surface area contributed by atoms with Gasteiger partial charge in [0.05, 0.1) is 12.8 Å². The highest BCUT2D eigenvalue weighted by molar-refractivity contribution is 7.71. The predicted octanol–water partition coefficient (Wildman–Crippen LogP) is 4.02. The Morgan fingerprint density at radius 2 is 1.76 bits per heavy atom. The Labute approximate surface area is 180 Å². The largest absolute Gasteiger partial charge is 0.469 e. The number of rotatable bonds is 6. The molecule has 0 aliphatic heterocycles. The standard InChI is InChI=1S/C21H22N4O2S.ClH/c1-24-18(15-6-8-16(9-7-15)20(22)23)13-25(21(24)28)17-10-3-14(4-11-17)5-12-19(26)27-2;/h3-4,6-11,13H,5,12H2,1-2H3,(H3,22,23);1H. The van der Waals surface area contributed by atoms with Gasteiger partial charge in [0.15, 0.2) is 4.77 Å². The molecule has 0 fully saturated rings. The maximum atomic E-state index is 11.3. The van der Waals surface area contributed by atoms with Crippen LogP contribution in [0.1, 0.15) is 17.5 Å². The van der Waals surface area contributed by atoms with E-state index < -0.39 is 0 Å². The van der Waals surface area contributed by atoms with E-state index in [1.807, 2.05) is 70.9 Å². The van der Waals surface area contributed by atoms with Gasteiger partial charge in [0.2, 0.25) is 0 Å². The molecule has 1 aromatic heterocycles. The number of esters is 1. The quantitative estimate of drug-likeness (QED) is 0.267. The Kier molecular flexibility index (Phi) is 7.36. The molecule has 0 amide bonds. The fraction of sp³-hybridized carbons (Fsp3) is 0.190. The monoisotopic (exact) mass is 430 g/mol. The third-order valence-corrected chi connectivity index (χ3v) is 5.13. The number of halogens is 1. The molecule has 0 aliphatic rings. The molecule has 2 aromatic carbocycles. The topological polar surface area (TPSA) is 86.0 Å². The summed E-state index contributed by atoms with van der Waals surface area (Å²) in [5, 5.41) is 7.51. The van der Waals surface area contributed by atoms with Crippen LogP contribution in [0.5, 0.6) is 0 Å². The van der Waals surface area contributed by atoms with Crippen LogP contribution in [0.15, 0.2) is 54.7 Å². The van der Waals surface area contributed by atoms with Crippen LogP contribution in [-0.4, -0.2) is 28.0 Å². The van der Waals surface area contributed by atoms with Crippen molar-refractivity contribution in [3.63, 3.8) is 0 Å². The molecular formula is C21H23ClN4O2S. The second-order valence-corrected chi connectivity index (χ2v) is 6.82. The highest BCUT2D eigenvalue weighted by Crippen LogP contribution is 2.23. The van der Waals surface area contributed by atoms with Crippen molar-refractivity contribution < 1.29 is 9.53 Å². The maximum absolute atomic E-state index is 11.3. The third kappa shape index (κ3) is 4.93. The molecule has 29 heavy (non-hydrogen) atoms. The molecule has 3 aromatic rings. The van der Waals surface area contributed by atoms with E-state index in [0.717, 1.165) is 22.5 Å². The van der Waals surface area contributed by atoms with E-state index in [9.17, 15) is 4.79 Å². The molecule has 0 saturated carbocycles. The Hall–Kier alpha value is -2.90. The summed E-state index contributed by atoms with van der Waals surface area (Å²) in [5.74, 6) is -0.167. The van der Waals surface area contributed by atoms with Gasteiger partial charge in [-0.3, -0.25) is 14.8 Å². The van der Waals surface area contributed by atoms with Gasteiger partial charge in [0, 0.05) is 30.9 Å². The van der Waals surface area contributed by atoms with Crippen molar-refractivity contribution >= 4 is 36.4 Å². The lowest BCUT2D eigenvalue weighted by molar-refractivity contribution is -0.140. The number of methoxy groups -OCH3 is 1. The average Bonchev–Trinajstić information content (AvgIpc) is 3.01. The summed E-state index contributed by atoms with van der Waals surface area (Å²) < 4.78 is 9.25. The number of amidine groups is 1. The number of hydrogen-bond donors (Lipinski definition) is 2. The van der Waals surface area contributed by atoms with Gasteiger partial charge in [-0.1, -0.05) is 36.4 Å². The van der Waals surface area contributed by atoms with Gasteiger partial charge in [-0.05, 0) is 41.9 Å². The predicted molar refractivity (Wildman–Crippen MR) is 120 cm³/mol. The normalized spacial score (nSPS) is 10.3. The first-order chi connectivity index (χ1) is 13.4. The van der Waals surface area contributed by atoms with Gasteiger partial charge in [0.1, 0.15) is 5.84 Å². The molecule has 3 rings (SSSR count). The van der Waals surface area contributed by atoms with Crippen LogP contribution in [0, 0.1) is 10.2 Å². The number of nitrogen functional groups attached to an aromatic ring is 1. The highest BCUT2D eigenvalue weighted by Gasteiger charge is 2.10. The Morgan fingerprint density at radius 1 is 1.14 bits per heavy atom. The summed E-state index contributed by atoms with van der Waals surface area (Å²) in [4.78, 5) is 11.3. The summed E-state index contributed by atoms with van der Waals surface area (Å²) in [6.07, 6.45) is 3.00. The smallest absolute Gasteiger partial charge is 0.305 e. The maximum Gasteiger partial charge on any atom is 0.305 e. The number of imidazole rings is 1. The molecule has 0 bridgehead atoms. The van der Waals surface area contributed by atoms with Gasteiger partial charge in [-0.25, -0.2) is 0 Å². The number of nitrogens with zero attached hydrogens (tertiary/aromatic N) is 2. The Bertz CT molecular complexity index is 1070. The van der Waals surface area contributed by atoms with Crippen molar-refractivity contribution in [1.82, 2.24) is 9.13 Å². The van der Waals surface area contributed by atoms with E-state index >= 15 is 0 Å². The molecule has 0 spiro atoms. The van der Waals surface area contributed by atoms with Crippen LogP contribution in [-0.2, 0) is 23.0 Å². The van der Waals surface area contributed by atoms with Crippen LogP contribution < -0.4 is 5.73 Å². The molecule has 6 nitrogen and oxygen atoms in total. The first kappa shape index (κ1) is 22.4. The van der Waals surface area contributed by atoms with E-state index in [-0.39, 0.29) is 24.2 Å². The minimum absolute atomic E-state index is 0. The van der Waals surface area contributed by atoms with Crippen LogP contribution in [0.4, 0.5) is 0 Å². The molecule has 0 radical (unpaired) electrons. The number of ether oxygens (including phenoxy) is 1. The van der Waals surface area contributed by atoms with Gasteiger partial charge >= 0.3 is 5.97 Å². The van der Waals surface area contributed by atoms with Crippen molar-refractivity contribution in [3.05, 3.63) is 70.6 Å². The summed E-state index contributed by atoms with van der Waals surface area (Å²) >= 11 is 5.61. The molecule has 3 N–H and O–H groups in total. The van der Waals surface area contributed by atoms with Crippen molar-refractivity contribution in [3.8, 4) is 16.9 Å². The zero-order valence-electron chi connectivity index (χ0n) is 16.2. The number of carbonyl (C=O) groups excluding carboxylic acids is 1. The summed E-state index contributed by atoms with van der Waals surface area (Å²) in [6.45, 7) is 0. The van der Waals surface area contributed by atoms with Crippen molar-refractivity contribution in [2.75, 3.05) is 7.11 Å². The lowest BCUT2D eigenvalue weighted by Gasteiger charge is -2.05. The zero-order valence-corrected chi connectivity index (χ0v) is 17.8. The average molecular weight is 431 g/mol. The minimum atomic E-state index is -0.213. The molecule has 0 unspecified atom stereocenters. The minimum Gasteiger partial charge on any atom is -0.469 e. The van der Waals surface area contributed by atoms with E-state index in [1.165, 1.54) is 7.11 Å². The number of nitrogens with two attached hydrogens (primary N) is 1. The fourth-order valence-corrected chi connectivity index (χ4v) is 3.23. The van der Waals surface area contributed by atoms with Crippen molar-refractivity contribution in [2.24, 2.45) is 12.8 Å². The van der Waals surface area contributed by atoms with E-state index in [1.54, 1.807) is 0 Å². The van der Waals surface area contributed by atoms with Crippen LogP contribution in [0.25, 0.3) is 16.9 Å². The van der Waals surface area contributed by atoms with Gasteiger partial charge in [0.25, 0.3) is 0 Å². The molecule has 152 valence electrons. The first-order valence-corrected chi connectivity index (χ1v) is 9.21. The summed E-state index contributed by atoms with van der Waals surface area (Å²) in [5.41, 5.74) is 10.2. The van der Waals surface area contributed by atoms with E-state index in [2.05, 4.69) is 4.74 Å². The number of nitrogens with one attached hydrogen (secondary N) is 1. The van der Waals surface area contributed by atoms with Gasteiger partial charge in [-0.15, -0.1) is 12.4 Å². The van der Waals surface area contributed by atoms with Crippen LogP contribution in [0.3, 0.4) is 0 Å². The number of carbonyl (C=O) groups is 1. The van der Waals surface area contributed by atoms with Gasteiger partial charge in [-0.2, -0.15) is 0 Å². The summed E-state index contributed by atoms with van der Waals surface area (Å²) in [6, 6.07) is 15.5. The Balaban J connectivity index is 0.00000300.